The average molecular weight is 494 g/mol. The van der Waals surface area contributed by atoms with Crippen molar-refractivity contribution in [3.05, 3.63) is 24.3 Å². The van der Waals surface area contributed by atoms with Gasteiger partial charge in [0.1, 0.15) is 0 Å². The largest absolute Gasteiger partial charge is 0.380 e. The summed E-state index contributed by atoms with van der Waals surface area (Å²) in [7, 11) is 4.26. The molecule has 0 aliphatic heterocycles. The van der Waals surface area contributed by atoms with Crippen molar-refractivity contribution in [1.29, 1.82) is 0 Å². The van der Waals surface area contributed by atoms with E-state index in [1.54, 1.807) is 0 Å². The van der Waals surface area contributed by atoms with Crippen LogP contribution in [0.3, 0.4) is 0 Å². The van der Waals surface area contributed by atoms with Crippen molar-refractivity contribution < 1.29 is 9.47 Å². The average Bonchev–Trinajstić information content (AvgIpc) is 2.85. The normalized spacial score (nSPS) is 13.1. The third-order valence-corrected chi connectivity index (χ3v) is 6.73. The minimum Gasteiger partial charge on any atom is -0.380 e. The maximum atomic E-state index is 5.97. The van der Waals surface area contributed by atoms with Crippen LogP contribution in [-0.2, 0) is 9.47 Å². The van der Waals surface area contributed by atoms with Crippen molar-refractivity contribution in [1.82, 2.24) is 4.90 Å². The predicted octanol–water partition coefficient (Wildman–Crippen LogP) is 9.51. The summed E-state index contributed by atoms with van der Waals surface area (Å²) in [5.74, 6) is 0. The first kappa shape index (κ1) is 34.4. The molecule has 0 saturated heterocycles. The van der Waals surface area contributed by atoms with Gasteiger partial charge in [-0.25, -0.2) is 0 Å². The molecule has 0 radical (unpaired) electrons. The van der Waals surface area contributed by atoms with Gasteiger partial charge in [-0.3, -0.25) is 0 Å². The van der Waals surface area contributed by atoms with Crippen LogP contribution in [0.2, 0.25) is 0 Å². The van der Waals surface area contributed by atoms with Crippen molar-refractivity contribution in [2.45, 2.75) is 142 Å². The second-order valence-electron chi connectivity index (χ2n) is 10.5. The molecule has 0 rings (SSSR count). The molecule has 3 nitrogen and oxygen atoms in total. The van der Waals surface area contributed by atoms with Crippen molar-refractivity contribution >= 4 is 0 Å². The van der Waals surface area contributed by atoms with Gasteiger partial charge in [-0.15, -0.1) is 0 Å². The van der Waals surface area contributed by atoms with Crippen molar-refractivity contribution in [2.75, 3.05) is 40.5 Å². The van der Waals surface area contributed by atoms with Crippen LogP contribution in [0.25, 0.3) is 0 Å². The molecule has 0 N–H and O–H groups in total. The van der Waals surface area contributed by atoms with Crippen LogP contribution in [0.4, 0.5) is 0 Å². The lowest BCUT2D eigenvalue weighted by atomic mass is 10.1. The molecular weight excluding hydrogens is 430 g/mol. The van der Waals surface area contributed by atoms with Gasteiger partial charge < -0.3 is 14.4 Å². The Balaban J connectivity index is 3.45. The Kier molecular flexibility index (Phi) is 29.0. The lowest BCUT2D eigenvalue weighted by molar-refractivity contribution is 0.0197. The van der Waals surface area contributed by atoms with E-state index in [2.05, 4.69) is 57.1 Å². The standard InChI is InChI=1S/C32H63NO2/c1-5-7-9-11-13-14-15-16-17-18-19-20-21-23-25-27-29-35-31-32(33(3)4)30-34-28-26-24-22-12-10-8-6-2/h13-14,16-17,32H,5-12,15,18-31H2,1-4H3. The van der Waals surface area contributed by atoms with Crippen molar-refractivity contribution in [3.63, 3.8) is 0 Å². The molecule has 0 amide bonds. The van der Waals surface area contributed by atoms with Gasteiger partial charge in [0, 0.05) is 13.2 Å². The smallest absolute Gasteiger partial charge is 0.0644 e. The minimum absolute atomic E-state index is 0.365. The summed E-state index contributed by atoms with van der Waals surface area (Å²) in [6.45, 7) is 7.88. The monoisotopic (exact) mass is 493 g/mol. The molecule has 3 heteroatoms. The number of unbranched alkanes of at least 4 members (excludes halogenated alkanes) is 15. The summed E-state index contributed by atoms with van der Waals surface area (Å²) in [6, 6.07) is 0.365. The summed E-state index contributed by atoms with van der Waals surface area (Å²) in [5, 5.41) is 0. The Hall–Kier alpha value is -0.640. The molecule has 0 bridgehead atoms. The molecule has 0 saturated carbocycles. The molecule has 0 spiro atoms. The third-order valence-electron chi connectivity index (χ3n) is 6.73. The Bertz CT molecular complexity index is 447. The molecule has 0 aliphatic rings. The van der Waals surface area contributed by atoms with Gasteiger partial charge in [-0.1, -0.05) is 115 Å². The van der Waals surface area contributed by atoms with E-state index in [1.807, 2.05) is 0 Å². The molecule has 1 unspecified atom stereocenters. The van der Waals surface area contributed by atoms with Crippen LogP contribution in [0.1, 0.15) is 136 Å². The van der Waals surface area contributed by atoms with Crippen LogP contribution in [0.15, 0.2) is 24.3 Å². The van der Waals surface area contributed by atoms with E-state index < -0.39 is 0 Å². The molecule has 0 aromatic carbocycles. The van der Waals surface area contributed by atoms with Gasteiger partial charge in [0.15, 0.2) is 0 Å². The molecule has 0 aromatic rings. The van der Waals surface area contributed by atoms with Gasteiger partial charge >= 0.3 is 0 Å². The lowest BCUT2D eigenvalue weighted by Gasteiger charge is -2.24. The van der Waals surface area contributed by atoms with E-state index in [-0.39, 0.29) is 0 Å². The van der Waals surface area contributed by atoms with Crippen LogP contribution >= 0.6 is 0 Å². The summed E-state index contributed by atoms with van der Waals surface area (Å²) >= 11 is 0. The third kappa shape index (κ3) is 27.8. The fraction of sp³-hybridized carbons (Fsp3) is 0.875. The number of ether oxygens (including phenoxy) is 2. The first-order chi connectivity index (χ1) is 17.2. The number of nitrogens with zero attached hydrogens (tertiary/aromatic N) is 1. The molecular formula is C32H63NO2. The van der Waals surface area contributed by atoms with Gasteiger partial charge in [-0.2, -0.15) is 0 Å². The quantitative estimate of drug-likeness (QED) is 0.0800. The summed E-state index contributed by atoms with van der Waals surface area (Å²) < 4.78 is 11.9. The van der Waals surface area contributed by atoms with Crippen LogP contribution in [0.5, 0.6) is 0 Å². The first-order valence-corrected chi connectivity index (χ1v) is 15.3. The molecule has 0 aromatic heterocycles. The molecule has 208 valence electrons. The highest BCUT2D eigenvalue weighted by molar-refractivity contribution is 4.92. The number of rotatable bonds is 28. The minimum atomic E-state index is 0.365. The van der Waals surface area contributed by atoms with Gasteiger partial charge in [0.05, 0.1) is 19.3 Å². The Morgan fingerprint density at radius 1 is 0.514 bits per heavy atom. The molecule has 1 atom stereocenters. The number of hydrogen-bond acceptors (Lipinski definition) is 3. The summed E-state index contributed by atoms with van der Waals surface area (Å²) in [5.41, 5.74) is 0. The number of allylic oxidation sites excluding steroid dienone is 4. The summed E-state index contributed by atoms with van der Waals surface area (Å²) in [6.07, 6.45) is 34.2. The van der Waals surface area contributed by atoms with E-state index in [0.29, 0.717) is 6.04 Å². The van der Waals surface area contributed by atoms with Crippen LogP contribution in [0, 0.1) is 0 Å². The Labute approximate surface area is 221 Å². The van der Waals surface area contributed by atoms with E-state index in [4.69, 9.17) is 9.47 Å². The highest BCUT2D eigenvalue weighted by Gasteiger charge is 2.11. The second-order valence-corrected chi connectivity index (χ2v) is 10.5. The maximum Gasteiger partial charge on any atom is 0.0644 e. The van der Waals surface area contributed by atoms with Gasteiger partial charge in [0.25, 0.3) is 0 Å². The predicted molar refractivity (Wildman–Crippen MR) is 156 cm³/mol. The zero-order valence-corrected chi connectivity index (χ0v) is 24.4. The fourth-order valence-corrected chi connectivity index (χ4v) is 4.14. The Morgan fingerprint density at radius 3 is 1.40 bits per heavy atom. The topological polar surface area (TPSA) is 21.7 Å². The SMILES string of the molecule is CCCCCC=CCC=CCCCCCCCCOCC(COCCCCCCCCC)N(C)C. The lowest BCUT2D eigenvalue weighted by Crippen LogP contribution is -2.37. The number of likely N-dealkylation sites (N-methyl/N-ethyl adjacent to an activating group) is 1. The number of hydrogen-bond donors (Lipinski definition) is 0. The summed E-state index contributed by atoms with van der Waals surface area (Å²) in [4.78, 5) is 2.24. The zero-order chi connectivity index (χ0) is 25.7. The van der Waals surface area contributed by atoms with Crippen molar-refractivity contribution in [2.24, 2.45) is 0 Å². The van der Waals surface area contributed by atoms with E-state index in [0.717, 1.165) is 32.8 Å². The Morgan fingerprint density at radius 2 is 0.914 bits per heavy atom. The van der Waals surface area contributed by atoms with Crippen LogP contribution in [-0.4, -0.2) is 51.5 Å². The first-order valence-electron chi connectivity index (χ1n) is 15.3. The van der Waals surface area contributed by atoms with E-state index in [9.17, 15) is 0 Å². The van der Waals surface area contributed by atoms with Gasteiger partial charge in [-0.05, 0) is 59.0 Å². The van der Waals surface area contributed by atoms with Crippen molar-refractivity contribution in [3.8, 4) is 0 Å². The molecule has 0 aliphatic carbocycles. The molecule has 0 heterocycles. The zero-order valence-electron chi connectivity index (χ0n) is 24.4. The molecule has 35 heavy (non-hydrogen) atoms. The van der Waals surface area contributed by atoms with E-state index in [1.165, 1.54) is 116 Å². The second kappa shape index (κ2) is 29.6. The van der Waals surface area contributed by atoms with Crippen LogP contribution < -0.4 is 0 Å². The fourth-order valence-electron chi connectivity index (χ4n) is 4.14. The maximum absolute atomic E-state index is 5.97. The highest BCUT2D eigenvalue weighted by Crippen LogP contribution is 2.09. The van der Waals surface area contributed by atoms with E-state index >= 15 is 0 Å². The van der Waals surface area contributed by atoms with Gasteiger partial charge in [0.2, 0.25) is 0 Å². The molecule has 0 fully saturated rings. The highest BCUT2D eigenvalue weighted by atomic mass is 16.5.